The van der Waals surface area contributed by atoms with Crippen LogP contribution in [0.25, 0.3) is 0 Å². The van der Waals surface area contributed by atoms with Gasteiger partial charge in [-0.2, -0.15) is 0 Å². The third kappa shape index (κ3) is 2.65. The van der Waals surface area contributed by atoms with Crippen molar-refractivity contribution in [3.63, 3.8) is 0 Å². The third-order valence-corrected chi connectivity index (χ3v) is 4.40. The van der Waals surface area contributed by atoms with Crippen LogP contribution in [0.15, 0.2) is 40.9 Å². The molecule has 0 saturated carbocycles. The molecule has 0 radical (unpaired) electrons. The van der Waals surface area contributed by atoms with Crippen molar-refractivity contribution in [2.45, 2.75) is 18.9 Å². The molecule has 3 nitrogen and oxygen atoms in total. The van der Waals surface area contributed by atoms with E-state index in [0.717, 1.165) is 29.7 Å². The van der Waals surface area contributed by atoms with Gasteiger partial charge in [0.2, 0.25) is 0 Å². The maximum atomic E-state index is 13.8. The first kappa shape index (κ1) is 14.1. The molecule has 1 unspecified atom stereocenters. The zero-order valence-corrected chi connectivity index (χ0v) is 12.8. The molecule has 21 heavy (non-hydrogen) atoms. The Morgan fingerprint density at radius 3 is 2.90 bits per heavy atom. The highest BCUT2D eigenvalue weighted by atomic mass is 79.9. The zero-order valence-electron chi connectivity index (χ0n) is 11.2. The van der Waals surface area contributed by atoms with Gasteiger partial charge in [0.1, 0.15) is 5.82 Å². The smallest absolute Gasteiger partial charge is 0.255 e. The first-order chi connectivity index (χ1) is 10.1. The lowest BCUT2D eigenvalue weighted by Gasteiger charge is -2.15. The molecular weight excluding hydrogens is 335 g/mol. The fourth-order valence-corrected chi connectivity index (χ4v) is 3.25. The second-order valence-electron chi connectivity index (χ2n) is 5.12. The number of aryl methyl sites for hydroxylation is 1. The molecule has 1 aliphatic carbocycles. The molecule has 1 amide bonds. The fraction of sp³-hybridized carbons (Fsp3) is 0.188. The lowest BCUT2D eigenvalue weighted by atomic mass is 10.1. The standard InChI is InChI=1S/C16H14BrFN2O/c17-12-2-1-3-13(18)15(12)16(21)20-14-7-4-9-8-10(19)5-6-11(9)14/h1-3,5-6,8,14H,4,7,19H2,(H,20,21). The van der Waals surface area contributed by atoms with Crippen molar-refractivity contribution in [2.75, 3.05) is 5.73 Å². The Labute approximate surface area is 130 Å². The minimum Gasteiger partial charge on any atom is -0.399 e. The minimum absolute atomic E-state index is 0.0430. The number of amides is 1. The lowest BCUT2D eigenvalue weighted by Crippen LogP contribution is -2.28. The number of hydrogen-bond donors (Lipinski definition) is 2. The van der Waals surface area contributed by atoms with Crippen LogP contribution in [0, 0.1) is 5.82 Å². The Morgan fingerprint density at radius 2 is 2.14 bits per heavy atom. The summed E-state index contributed by atoms with van der Waals surface area (Å²) >= 11 is 3.22. The van der Waals surface area contributed by atoms with E-state index in [2.05, 4.69) is 21.2 Å². The Balaban J connectivity index is 1.85. The summed E-state index contributed by atoms with van der Waals surface area (Å²) in [4.78, 5) is 12.3. The van der Waals surface area contributed by atoms with E-state index in [1.54, 1.807) is 12.1 Å². The van der Waals surface area contributed by atoms with Crippen LogP contribution >= 0.6 is 15.9 Å². The van der Waals surface area contributed by atoms with Gasteiger partial charge in [-0.25, -0.2) is 4.39 Å². The van der Waals surface area contributed by atoms with Crippen LogP contribution < -0.4 is 11.1 Å². The number of benzene rings is 2. The molecule has 0 aromatic heterocycles. The van der Waals surface area contributed by atoms with Crippen molar-refractivity contribution in [3.8, 4) is 0 Å². The van der Waals surface area contributed by atoms with Crippen LogP contribution in [-0.2, 0) is 6.42 Å². The molecule has 1 aliphatic rings. The first-order valence-electron chi connectivity index (χ1n) is 6.69. The summed E-state index contributed by atoms with van der Waals surface area (Å²) in [5.74, 6) is -0.938. The van der Waals surface area contributed by atoms with E-state index in [0.29, 0.717) is 4.47 Å². The van der Waals surface area contributed by atoms with E-state index in [4.69, 9.17) is 5.73 Å². The van der Waals surface area contributed by atoms with Gasteiger partial charge in [0.25, 0.3) is 5.91 Å². The molecule has 0 bridgehead atoms. The summed E-state index contributed by atoms with van der Waals surface area (Å²) in [6.07, 6.45) is 1.67. The number of fused-ring (bicyclic) bond motifs is 1. The molecule has 3 N–H and O–H groups in total. The minimum atomic E-state index is -0.530. The van der Waals surface area contributed by atoms with Gasteiger partial charge in [0, 0.05) is 10.2 Å². The summed E-state index contributed by atoms with van der Waals surface area (Å²) in [6, 6.07) is 10.1. The molecule has 0 heterocycles. The number of hydrogen-bond acceptors (Lipinski definition) is 2. The van der Waals surface area contributed by atoms with Crippen LogP contribution in [0.3, 0.4) is 0 Å². The number of anilines is 1. The van der Waals surface area contributed by atoms with E-state index in [-0.39, 0.29) is 11.6 Å². The van der Waals surface area contributed by atoms with Crippen molar-refractivity contribution in [3.05, 3.63) is 63.4 Å². The maximum Gasteiger partial charge on any atom is 0.255 e. The SMILES string of the molecule is Nc1ccc2c(c1)CCC2NC(=O)c1c(F)cccc1Br. The largest absolute Gasteiger partial charge is 0.399 e. The highest BCUT2D eigenvalue weighted by Gasteiger charge is 2.26. The van der Waals surface area contributed by atoms with Crippen molar-refractivity contribution in [1.29, 1.82) is 0 Å². The molecule has 5 heteroatoms. The summed E-state index contributed by atoms with van der Waals surface area (Å²) in [5.41, 5.74) is 8.73. The number of nitrogens with two attached hydrogens (primary N) is 1. The topological polar surface area (TPSA) is 55.1 Å². The Morgan fingerprint density at radius 1 is 1.33 bits per heavy atom. The van der Waals surface area contributed by atoms with E-state index in [9.17, 15) is 9.18 Å². The Hall–Kier alpha value is -1.88. The normalized spacial score (nSPS) is 16.6. The average molecular weight is 349 g/mol. The molecule has 0 fully saturated rings. The summed E-state index contributed by atoms with van der Waals surface area (Å²) in [5, 5.41) is 2.90. The second kappa shape index (κ2) is 5.48. The van der Waals surface area contributed by atoms with Crippen LogP contribution in [0.4, 0.5) is 10.1 Å². The van der Waals surface area contributed by atoms with Crippen LogP contribution in [0.1, 0.15) is 33.9 Å². The fourth-order valence-electron chi connectivity index (χ4n) is 2.73. The number of halogens is 2. The second-order valence-corrected chi connectivity index (χ2v) is 5.97. The monoisotopic (exact) mass is 348 g/mol. The van der Waals surface area contributed by atoms with Gasteiger partial charge >= 0.3 is 0 Å². The number of rotatable bonds is 2. The highest BCUT2D eigenvalue weighted by molar-refractivity contribution is 9.10. The van der Waals surface area contributed by atoms with Crippen molar-refractivity contribution < 1.29 is 9.18 Å². The molecule has 0 spiro atoms. The molecular formula is C16H14BrFN2O. The zero-order chi connectivity index (χ0) is 15.0. The lowest BCUT2D eigenvalue weighted by molar-refractivity contribution is 0.0932. The number of carbonyl (C=O) groups excluding carboxylic acids is 1. The third-order valence-electron chi connectivity index (χ3n) is 3.74. The Bertz CT molecular complexity index is 697. The molecule has 2 aromatic rings. The molecule has 0 aliphatic heterocycles. The quantitative estimate of drug-likeness (QED) is 0.815. The van der Waals surface area contributed by atoms with Crippen molar-refractivity contribution in [1.82, 2.24) is 5.32 Å². The van der Waals surface area contributed by atoms with Gasteiger partial charge < -0.3 is 11.1 Å². The molecule has 3 rings (SSSR count). The van der Waals surface area contributed by atoms with E-state index in [1.165, 1.54) is 6.07 Å². The molecule has 108 valence electrons. The highest BCUT2D eigenvalue weighted by Crippen LogP contribution is 2.33. The number of nitrogen functional groups attached to an aromatic ring is 1. The number of carbonyl (C=O) groups is 1. The van der Waals surface area contributed by atoms with Gasteiger partial charge in [0.15, 0.2) is 0 Å². The summed E-state index contributed by atoms with van der Waals surface area (Å²) in [6.45, 7) is 0. The maximum absolute atomic E-state index is 13.8. The van der Waals surface area contributed by atoms with Gasteiger partial charge in [-0.3, -0.25) is 4.79 Å². The molecule has 2 aromatic carbocycles. The van der Waals surface area contributed by atoms with Gasteiger partial charge in [-0.05, 0) is 64.2 Å². The predicted molar refractivity (Wildman–Crippen MR) is 83.5 cm³/mol. The van der Waals surface area contributed by atoms with Gasteiger partial charge in [0.05, 0.1) is 11.6 Å². The van der Waals surface area contributed by atoms with Crippen molar-refractivity contribution >= 4 is 27.5 Å². The van der Waals surface area contributed by atoms with Crippen LogP contribution in [0.5, 0.6) is 0 Å². The van der Waals surface area contributed by atoms with E-state index < -0.39 is 11.7 Å². The van der Waals surface area contributed by atoms with Crippen LogP contribution in [0.2, 0.25) is 0 Å². The van der Waals surface area contributed by atoms with E-state index in [1.807, 2.05) is 18.2 Å². The summed E-state index contributed by atoms with van der Waals surface area (Å²) < 4.78 is 14.3. The van der Waals surface area contributed by atoms with Gasteiger partial charge in [-0.1, -0.05) is 12.1 Å². The van der Waals surface area contributed by atoms with E-state index >= 15 is 0 Å². The Kier molecular flexibility index (Phi) is 3.68. The molecule has 0 saturated heterocycles. The first-order valence-corrected chi connectivity index (χ1v) is 7.48. The number of nitrogens with one attached hydrogen (secondary N) is 1. The van der Waals surface area contributed by atoms with Crippen LogP contribution in [-0.4, -0.2) is 5.91 Å². The summed E-state index contributed by atoms with van der Waals surface area (Å²) in [7, 11) is 0. The molecule has 1 atom stereocenters. The average Bonchev–Trinajstić information content (AvgIpc) is 2.80. The predicted octanol–water partition coefficient (Wildman–Crippen LogP) is 3.59. The van der Waals surface area contributed by atoms with Crippen molar-refractivity contribution in [2.24, 2.45) is 0 Å². The van der Waals surface area contributed by atoms with Gasteiger partial charge in [-0.15, -0.1) is 0 Å².